The van der Waals surface area contributed by atoms with Crippen molar-refractivity contribution in [2.45, 2.75) is 64.5 Å². The largest absolute Gasteiger partial charge is 0.353 e. The highest BCUT2D eigenvalue weighted by atomic mass is 16.1. The van der Waals surface area contributed by atoms with Crippen LogP contribution < -0.4 is 11.1 Å². The first-order chi connectivity index (χ1) is 11.6. The lowest BCUT2D eigenvalue weighted by molar-refractivity contribution is -0.121. The Morgan fingerprint density at radius 3 is 2.71 bits per heavy atom. The maximum absolute atomic E-state index is 11.7. The smallest absolute Gasteiger partial charge is 0.221 e. The number of aryl methyl sites for hydroxylation is 2. The van der Waals surface area contributed by atoms with E-state index in [1.54, 1.807) is 0 Å². The van der Waals surface area contributed by atoms with E-state index in [1.165, 1.54) is 22.0 Å². The third-order valence-electron chi connectivity index (χ3n) is 5.34. The summed E-state index contributed by atoms with van der Waals surface area (Å²) in [6.07, 6.45) is 8.19. The van der Waals surface area contributed by atoms with Crippen molar-refractivity contribution < 1.29 is 4.79 Å². The summed E-state index contributed by atoms with van der Waals surface area (Å²) >= 11 is 0. The number of nitrogens with zero attached hydrogens (tertiary/aromatic N) is 1. The molecular weight excluding hydrogens is 298 g/mol. The van der Waals surface area contributed by atoms with Gasteiger partial charge in [-0.1, -0.05) is 25.1 Å². The van der Waals surface area contributed by atoms with E-state index in [9.17, 15) is 4.79 Å². The van der Waals surface area contributed by atoms with Gasteiger partial charge in [0.05, 0.1) is 5.52 Å². The summed E-state index contributed by atoms with van der Waals surface area (Å²) in [4.78, 5) is 11.7. The van der Waals surface area contributed by atoms with Gasteiger partial charge in [-0.05, 0) is 50.2 Å². The third kappa shape index (κ3) is 3.34. The average Bonchev–Trinajstić information content (AvgIpc) is 2.96. The Kier molecular flexibility index (Phi) is 5.24. The van der Waals surface area contributed by atoms with Gasteiger partial charge in [-0.15, -0.1) is 0 Å². The van der Waals surface area contributed by atoms with Gasteiger partial charge in [0.1, 0.15) is 0 Å². The van der Waals surface area contributed by atoms with E-state index < -0.39 is 0 Å². The summed E-state index contributed by atoms with van der Waals surface area (Å²) in [5, 5.41) is 4.53. The first-order valence-electron chi connectivity index (χ1n) is 9.22. The van der Waals surface area contributed by atoms with Crippen molar-refractivity contribution in [3.8, 4) is 0 Å². The number of hydrogen-bond donors (Lipinski definition) is 2. The molecule has 4 nitrogen and oxygen atoms in total. The van der Waals surface area contributed by atoms with E-state index in [4.69, 9.17) is 5.73 Å². The molecule has 0 unspecified atom stereocenters. The van der Waals surface area contributed by atoms with Crippen LogP contribution in [0.15, 0.2) is 24.4 Å². The Morgan fingerprint density at radius 2 is 2.04 bits per heavy atom. The van der Waals surface area contributed by atoms with Crippen molar-refractivity contribution in [2.24, 2.45) is 5.73 Å². The number of carbonyl (C=O) groups excluding carboxylic acids is 1. The number of carbonyl (C=O) groups is 1. The zero-order valence-electron chi connectivity index (χ0n) is 14.8. The van der Waals surface area contributed by atoms with E-state index in [0.717, 1.165) is 32.1 Å². The van der Waals surface area contributed by atoms with Gasteiger partial charge in [-0.25, -0.2) is 0 Å². The molecule has 1 aliphatic carbocycles. The maximum atomic E-state index is 11.7. The lowest BCUT2D eigenvalue weighted by Crippen LogP contribution is -2.38. The molecule has 1 fully saturated rings. The predicted molar refractivity (Wildman–Crippen MR) is 99.2 cm³/mol. The molecule has 24 heavy (non-hydrogen) atoms. The van der Waals surface area contributed by atoms with Crippen LogP contribution in [0.3, 0.4) is 0 Å². The fraction of sp³-hybridized carbons (Fsp3) is 0.550. The van der Waals surface area contributed by atoms with Crippen LogP contribution >= 0.6 is 0 Å². The number of para-hydroxylation sites is 1. The van der Waals surface area contributed by atoms with E-state index in [1.807, 2.05) is 0 Å². The molecule has 0 spiro atoms. The Hall–Kier alpha value is -1.81. The van der Waals surface area contributed by atoms with Crippen molar-refractivity contribution in [3.05, 3.63) is 35.5 Å². The molecule has 0 bridgehead atoms. The lowest BCUT2D eigenvalue weighted by Gasteiger charge is -2.31. The summed E-state index contributed by atoms with van der Waals surface area (Å²) in [6.45, 7) is 4.86. The molecular formula is C20H29N3O. The van der Waals surface area contributed by atoms with Crippen LogP contribution in [-0.4, -0.2) is 23.1 Å². The minimum absolute atomic E-state index is 0.0940. The number of amides is 1. The summed E-state index contributed by atoms with van der Waals surface area (Å²) in [5.41, 5.74) is 9.63. The van der Waals surface area contributed by atoms with Crippen molar-refractivity contribution in [3.63, 3.8) is 0 Å². The van der Waals surface area contributed by atoms with Crippen LogP contribution in [0, 0.1) is 6.92 Å². The highest BCUT2D eigenvalue weighted by Crippen LogP contribution is 2.35. The molecule has 1 heterocycles. The fourth-order valence-electron chi connectivity index (χ4n) is 4.06. The van der Waals surface area contributed by atoms with Crippen LogP contribution in [0.4, 0.5) is 0 Å². The molecule has 0 radical (unpaired) electrons. The quantitative estimate of drug-likeness (QED) is 0.883. The molecule has 2 aromatic rings. The number of nitrogens with two attached hydrogens (primary N) is 1. The van der Waals surface area contributed by atoms with Gasteiger partial charge < -0.3 is 15.6 Å². The maximum Gasteiger partial charge on any atom is 0.221 e. The standard InChI is InChI=1S/C20H29N3O/c1-3-15-13-23(20-14(2)5-4-6-18(15)20)17-9-7-16(8-10-17)22-19(24)11-12-21/h4-6,13,16-17H,3,7-12,21H2,1-2H3,(H,22,24). The molecule has 1 aliphatic rings. The normalized spacial score (nSPS) is 21.1. The Balaban J connectivity index is 1.75. The Morgan fingerprint density at radius 1 is 1.29 bits per heavy atom. The number of hydrogen-bond acceptors (Lipinski definition) is 2. The van der Waals surface area contributed by atoms with Crippen LogP contribution in [0.25, 0.3) is 10.9 Å². The molecule has 1 saturated carbocycles. The number of aromatic nitrogens is 1. The number of benzene rings is 1. The van der Waals surface area contributed by atoms with E-state index in [0.29, 0.717) is 25.0 Å². The number of rotatable bonds is 5. The number of fused-ring (bicyclic) bond motifs is 1. The minimum Gasteiger partial charge on any atom is -0.353 e. The van der Waals surface area contributed by atoms with E-state index >= 15 is 0 Å². The summed E-state index contributed by atoms with van der Waals surface area (Å²) in [7, 11) is 0. The molecule has 1 aromatic carbocycles. The van der Waals surface area contributed by atoms with Crippen molar-refractivity contribution in [1.29, 1.82) is 0 Å². The average molecular weight is 327 g/mol. The minimum atomic E-state index is 0.0940. The first-order valence-corrected chi connectivity index (χ1v) is 9.22. The second kappa shape index (κ2) is 7.39. The third-order valence-corrected chi connectivity index (χ3v) is 5.34. The summed E-state index contributed by atoms with van der Waals surface area (Å²) in [6, 6.07) is 7.46. The first kappa shape index (κ1) is 17.0. The lowest BCUT2D eigenvalue weighted by atomic mass is 9.90. The number of nitrogens with one attached hydrogen (secondary N) is 1. The monoisotopic (exact) mass is 327 g/mol. The van der Waals surface area contributed by atoms with Crippen molar-refractivity contribution in [2.75, 3.05) is 6.54 Å². The van der Waals surface area contributed by atoms with Gasteiger partial charge in [0.15, 0.2) is 0 Å². The Bertz CT molecular complexity index is 711. The van der Waals surface area contributed by atoms with Crippen LogP contribution in [0.5, 0.6) is 0 Å². The van der Waals surface area contributed by atoms with Gasteiger partial charge in [0.25, 0.3) is 0 Å². The van der Waals surface area contributed by atoms with Crippen molar-refractivity contribution in [1.82, 2.24) is 9.88 Å². The summed E-state index contributed by atoms with van der Waals surface area (Å²) < 4.78 is 2.50. The zero-order chi connectivity index (χ0) is 17.1. The van der Waals surface area contributed by atoms with Gasteiger partial charge in [0, 0.05) is 36.6 Å². The van der Waals surface area contributed by atoms with Gasteiger partial charge in [-0.3, -0.25) is 4.79 Å². The van der Waals surface area contributed by atoms with Crippen LogP contribution in [-0.2, 0) is 11.2 Å². The van der Waals surface area contributed by atoms with Gasteiger partial charge in [-0.2, -0.15) is 0 Å². The topological polar surface area (TPSA) is 60.0 Å². The second-order valence-electron chi connectivity index (χ2n) is 7.00. The molecule has 1 amide bonds. The molecule has 0 saturated heterocycles. The highest BCUT2D eigenvalue weighted by Gasteiger charge is 2.25. The molecule has 130 valence electrons. The second-order valence-corrected chi connectivity index (χ2v) is 7.00. The molecule has 1 aromatic heterocycles. The molecule has 4 heteroatoms. The Labute approximate surface area is 144 Å². The van der Waals surface area contributed by atoms with E-state index in [-0.39, 0.29) is 5.91 Å². The predicted octanol–water partition coefficient (Wildman–Crippen LogP) is 3.46. The SMILES string of the molecule is CCc1cn(C2CCC(NC(=O)CCN)CC2)c2c(C)cccc12. The van der Waals surface area contributed by atoms with E-state index in [2.05, 4.69) is 48.1 Å². The molecule has 3 N–H and O–H groups in total. The van der Waals surface area contributed by atoms with Gasteiger partial charge >= 0.3 is 0 Å². The fourth-order valence-corrected chi connectivity index (χ4v) is 4.06. The highest BCUT2D eigenvalue weighted by molar-refractivity contribution is 5.87. The van der Waals surface area contributed by atoms with Crippen molar-refractivity contribution >= 4 is 16.8 Å². The summed E-state index contributed by atoms with van der Waals surface area (Å²) in [5.74, 6) is 0.0940. The zero-order valence-corrected chi connectivity index (χ0v) is 14.8. The molecule has 0 atom stereocenters. The molecule has 3 rings (SSSR count). The molecule has 0 aliphatic heterocycles. The van der Waals surface area contributed by atoms with Crippen LogP contribution in [0.1, 0.15) is 56.2 Å². The van der Waals surface area contributed by atoms with Gasteiger partial charge in [0.2, 0.25) is 5.91 Å². The van der Waals surface area contributed by atoms with Crippen LogP contribution in [0.2, 0.25) is 0 Å².